The molecule has 16 heavy (non-hydrogen) atoms. The molecule has 2 heterocycles. The fourth-order valence-electron chi connectivity index (χ4n) is 1.55. The predicted molar refractivity (Wildman–Crippen MR) is 58.5 cm³/mol. The summed E-state index contributed by atoms with van der Waals surface area (Å²) in [6.07, 6.45) is 3.54. The van der Waals surface area contributed by atoms with Crippen molar-refractivity contribution >= 4 is 5.82 Å². The average molecular weight is 221 g/mol. The number of hydrogen-bond donors (Lipinski definition) is 1. The Kier molecular flexibility index (Phi) is 2.84. The van der Waals surface area contributed by atoms with Gasteiger partial charge >= 0.3 is 0 Å². The summed E-state index contributed by atoms with van der Waals surface area (Å²) in [5.74, 6) is 1.34. The van der Waals surface area contributed by atoms with Gasteiger partial charge in [-0.3, -0.25) is 0 Å². The van der Waals surface area contributed by atoms with Gasteiger partial charge < -0.3 is 10.3 Å². The second-order valence-corrected chi connectivity index (χ2v) is 3.69. The van der Waals surface area contributed by atoms with E-state index in [1.165, 1.54) is 0 Å². The summed E-state index contributed by atoms with van der Waals surface area (Å²) >= 11 is 0. The molecule has 0 spiro atoms. The van der Waals surface area contributed by atoms with Gasteiger partial charge in [-0.1, -0.05) is 18.6 Å². The Balaban J connectivity index is 2.24. The largest absolute Gasteiger partial charge is 0.381 e. The summed E-state index contributed by atoms with van der Waals surface area (Å²) in [6, 6.07) is 0. The molecule has 0 atom stereocenters. The van der Waals surface area contributed by atoms with E-state index in [4.69, 9.17) is 5.73 Å². The van der Waals surface area contributed by atoms with Gasteiger partial charge in [-0.2, -0.15) is 0 Å². The third-order valence-corrected chi connectivity index (χ3v) is 2.45. The maximum absolute atomic E-state index is 5.76. The lowest BCUT2D eigenvalue weighted by Gasteiger charge is -2.04. The number of nitrogens with two attached hydrogens (primary N) is 1. The van der Waals surface area contributed by atoms with E-state index in [1.54, 1.807) is 11.0 Å². The van der Waals surface area contributed by atoms with Crippen LogP contribution in [0.3, 0.4) is 0 Å². The number of nitrogen functional groups attached to an aromatic ring is 1. The van der Waals surface area contributed by atoms with Crippen LogP contribution in [0.15, 0.2) is 6.33 Å². The summed E-state index contributed by atoms with van der Waals surface area (Å²) in [5.41, 5.74) is 6.72. The second-order valence-electron chi connectivity index (χ2n) is 3.69. The van der Waals surface area contributed by atoms with E-state index >= 15 is 0 Å². The van der Waals surface area contributed by atoms with Crippen LogP contribution < -0.4 is 5.73 Å². The monoisotopic (exact) mass is 221 g/mol. The van der Waals surface area contributed by atoms with Crippen LogP contribution in [0.5, 0.6) is 0 Å². The Morgan fingerprint density at radius 1 is 1.38 bits per heavy atom. The summed E-state index contributed by atoms with van der Waals surface area (Å²) in [6.45, 7) is 2.65. The van der Waals surface area contributed by atoms with Crippen molar-refractivity contribution in [3.63, 3.8) is 0 Å². The number of aryl methyl sites for hydroxylation is 1. The smallest absolute Gasteiger partial charge is 0.169 e. The molecular weight excluding hydrogens is 206 g/mol. The van der Waals surface area contributed by atoms with E-state index in [9.17, 15) is 0 Å². The first kappa shape index (κ1) is 10.6. The first-order valence-electron chi connectivity index (χ1n) is 5.23. The Morgan fingerprint density at radius 2 is 2.19 bits per heavy atom. The molecule has 86 valence electrons. The topological polar surface area (TPSA) is 87.4 Å². The first-order chi connectivity index (χ1) is 7.72. The van der Waals surface area contributed by atoms with Crippen LogP contribution in [0.25, 0.3) is 0 Å². The Morgan fingerprint density at radius 3 is 2.81 bits per heavy atom. The molecule has 7 nitrogen and oxygen atoms in total. The van der Waals surface area contributed by atoms with Crippen molar-refractivity contribution in [1.82, 2.24) is 29.8 Å². The van der Waals surface area contributed by atoms with Gasteiger partial charge in [-0.15, -0.1) is 15.3 Å². The maximum Gasteiger partial charge on any atom is 0.169 e. The van der Waals surface area contributed by atoms with Crippen molar-refractivity contribution in [2.24, 2.45) is 7.05 Å². The van der Waals surface area contributed by atoms with Crippen molar-refractivity contribution in [2.75, 3.05) is 5.73 Å². The minimum absolute atomic E-state index is 0.504. The van der Waals surface area contributed by atoms with Crippen molar-refractivity contribution < 1.29 is 0 Å². The lowest BCUT2D eigenvalue weighted by molar-refractivity contribution is 0.578. The molecule has 0 aliphatic heterocycles. The van der Waals surface area contributed by atoms with E-state index in [0.29, 0.717) is 12.4 Å². The van der Waals surface area contributed by atoms with E-state index < -0.39 is 0 Å². The minimum atomic E-state index is 0.504. The summed E-state index contributed by atoms with van der Waals surface area (Å²) in [4.78, 5) is 0. The van der Waals surface area contributed by atoms with Crippen molar-refractivity contribution in [2.45, 2.75) is 26.3 Å². The molecule has 0 unspecified atom stereocenters. The average Bonchev–Trinajstić information content (AvgIpc) is 2.80. The molecule has 0 fully saturated rings. The van der Waals surface area contributed by atoms with Crippen LogP contribution in [0.4, 0.5) is 5.82 Å². The lowest BCUT2D eigenvalue weighted by atomic mass is 10.2. The summed E-state index contributed by atoms with van der Waals surface area (Å²) in [5, 5.41) is 15.7. The predicted octanol–water partition coefficient (Wildman–Crippen LogP) is -0.0104. The molecule has 0 aliphatic carbocycles. The highest BCUT2D eigenvalue weighted by molar-refractivity contribution is 5.33. The quantitative estimate of drug-likeness (QED) is 0.784. The molecule has 0 bridgehead atoms. The highest BCUT2D eigenvalue weighted by atomic mass is 15.5. The van der Waals surface area contributed by atoms with Crippen LogP contribution in [0.1, 0.15) is 24.9 Å². The van der Waals surface area contributed by atoms with Crippen LogP contribution in [0.2, 0.25) is 0 Å². The maximum atomic E-state index is 5.76. The van der Waals surface area contributed by atoms with Crippen molar-refractivity contribution in [3.8, 4) is 0 Å². The Labute approximate surface area is 93.3 Å². The standard InChI is InChI=1S/C9H15N7/c1-3-4-7-9(10)13-14-16(7)5-8-12-11-6-15(8)2/h6H,3-5,10H2,1-2H3. The number of anilines is 1. The first-order valence-corrected chi connectivity index (χ1v) is 5.23. The van der Waals surface area contributed by atoms with Gasteiger partial charge in [0.1, 0.15) is 12.9 Å². The summed E-state index contributed by atoms with van der Waals surface area (Å²) < 4.78 is 3.64. The number of hydrogen-bond acceptors (Lipinski definition) is 5. The third kappa shape index (κ3) is 1.88. The number of nitrogens with zero attached hydrogens (tertiary/aromatic N) is 6. The lowest BCUT2D eigenvalue weighted by Crippen LogP contribution is -2.11. The molecule has 2 N–H and O–H groups in total. The zero-order valence-electron chi connectivity index (χ0n) is 9.46. The Bertz CT molecular complexity index is 470. The van der Waals surface area contributed by atoms with Gasteiger partial charge in [0.15, 0.2) is 11.6 Å². The van der Waals surface area contributed by atoms with Crippen LogP contribution in [0, 0.1) is 0 Å². The minimum Gasteiger partial charge on any atom is -0.381 e. The van der Waals surface area contributed by atoms with Crippen LogP contribution in [-0.2, 0) is 20.0 Å². The molecule has 0 amide bonds. The molecule has 0 radical (unpaired) electrons. The molecule has 0 aromatic carbocycles. The van der Waals surface area contributed by atoms with Gasteiger partial charge in [0.2, 0.25) is 0 Å². The van der Waals surface area contributed by atoms with E-state index in [2.05, 4.69) is 27.4 Å². The van der Waals surface area contributed by atoms with Crippen molar-refractivity contribution in [1.29, 1.82) is 0 Å². The van der Waals surface area contributed by atoms with Gasteiger partial charge in [0.25, 0.3) is 0 Å². The normalized spacial score (nSPS) is 10.9. The molecular formula is C9H15N7. The summed E-state index contributed by atoms with van der Waals surface area (Å²) in [7, 11) is 1.90. The number of aromatic nitrogens is 6. The number of rotatable bonds is 4. The Hall–Kier alpha value is -1.92. The highest BCUT2D eigenvalue weighted by Gasteiger charge is 2.11. The SMILES string of the molecule is CCCc1c(N)nnn1Cc1nncn1C. The van der Waals surface area contributed by atoms with E-state index in [1.807, 2.05) is 11.6 Å². The van der Waals surface area contributed by atoms with Gasteiger partial charge in [-0.05, 0) is 6.42 Å². The molecule has 0 saturated carbocycles. The fourth-order valence-corrected chi connectivity index (χ4v) is 1.55. The zero-order valence-corrected chi connectivity index (χ0v) is 9.46. The van der Waals surface area contributed by atoms with Crippen LogP contribution in [-0.4, -0.2) is 29.8 Å². The highest BCUT2D eigenvalue weighted by Crippen LogP contribution is 2.11. The third-order valence-electron chi connectivity index (χ3n) is 2.45. The van der Waals surface area contributed by atoms with Gasteiger partial charge in [-0.25, -0.2) is 4.68 Å². The zero-order chi connectivity index (χ0) is 11.5. The fraction of sp³-hybridized carbons (Fsp3) is 0.556. The molecule has 2 aromatic heterocycles. The second kappa shape index (κ2) is 4.30. The molecule has 7 heteroatoms. The molecule has 2 rings (SSSR count). The molecule has 0 saturated heterocycles. The van der Waals surface area contributed by atoms with Crippen molar-refractivity contribution in [3.05, 3.63) is 17.8 Å². The molecule has 0 aliphatic rings. The van der Waals surface area contributed by atoms with Gasteiger partial charge in [0, 0.05) is 7.05 Å². The molecule has 2 aromatic rings. The van der Waals surface area contributed by atoms with E-state index in [0.717, 1.165) is 24.4 Å². The van der Waals surface area contributed by atoms with E-state index in [-0.39, 0.29) is 0 Å². The van der Waals surface area contributed by atoms with Gasteiger partial charge in [0.05, 0.1) is 5.69 Å². The van der Waals surface area contributed by atoms with Crippen LogP contribution >= 0.6 is 0 Å².